The molecule has 0 spiro atoms. The summed E-state index contributed by atoms with van der Waals surface area (Å²) in [5.74, 6) is 0. The lowest BCUT2D eigenvalue weighted by Crippen LogP contribution is -2.32. The fourth-order valence-corrected chi connectivity index (χ4v) is 2.93. The van der Waals surface area contributed by atoms with Crippen molar-refractivity contribution in [2.24, 2.45) is 0 Å². The summed E-state index contributed by atoms with van der Waals surface area (Å²) in [4.78, 5) is 4.14. The van der Waals surface area contributed by atoms with Crippen LogP contribution in [0.3, 0.4) is 0 Å². The van der Waals surface area contributed by atoms with E-state index < -0.39 is 11.0 Å². The van der Waals surface area contributed by atoms with E-state index in [0.29, 0.717) is 5.03 Å². The lowest BCUT2D eigenvalue weighted by molar-refractivity contribution is 0.297. The maximum atomic E-state index is 11.8. The summed E-state index contributed by atoms with van der Waals surface area (Å²) in [5.41, 5.74) is 0.893. The van der Waals surface area contributed by atoms with Crippen LogP contribution in [0, 0.1) is 0 Å². The number of aromatic nitrogens is 1. The van der Waals surface area contributed by atoms with Gasteiger partial charge in [0.1, 0.15) is 16.0 Å². The summed E-state index contributed by atoms with van der Waals surface area (Å²) in [6.07, 6.45) is 1.69. The second kappa shape index (κ2) is 2.62. The molecule has 4 heteroatoms. The Bertz CT molecular complexity index is 376. The van der Waals surface area contributed by atoms with Gasteiger partial charge in [0.05, 0.1) is 5.54 Å². The summed E-state index contributed by atoms with van der Waals surface area (Å²) >= 11 is 0. The van der Waals surface area contributed by atoms with Crippen LogP contribution >= 0.6 is 0 Å². The van der Waals surface area contributed by atoms with Crippen LogP contribution < -0.4 is 0 Å². The average Bonchev–Trinajstić information content (AvgIpc) is 2.30. The van der Waals surface area contributed by atoms with Crippen LogP contribution in [0.1, 0.15) is 19.4 Å². The quantitative estimate of drug-likeness (QED) is 0.626. The molecule has 1 aromatic rings. The monoisotopic (exact) mass is 196 g/mol. The van der Waals surface area contributed by atoms with Crippen molar-refractivity contribution in [1.29, 1.82) is 0 Å². The zero-order valence-corrected chi connectivity index (χ0v) is 8.76. The summed E-state index contributed by atoms with van der Waals surface area (Å²) in [7, 11) is 0.769. The highest BCUT2D eigenvalue weighted by Gasteiger charge is 2.41. The van der Waals surface area contributed by atoms with Crippen molar-refractivity contribution in [2.75, 3.05) is 7.05 Å². The Morgan fingerprint density at radius 3 is 2.85 bits per heavy atom. The highest BCUT2D eigenvalue weighted by molar-refractivity contribution is 7.82. The van der Waals surface area contributed by atoms with Crippen LogP contribution in [0.2, 0.25) is 0 Å². The van der Waals surface area contributed by atoms with Crippen molar-refractivity contribution in [3.8, 4) is 0 Å². The number of hydrogen-bond acceptors (Lipinski definition) is 2. The third-order valence-corrected chi connectivity index (χ3v) is 4.24. The van der Waals surface area contributed by atoms with Crippen molar-refractivity contribution in [1.82, 2.24) is 9.29 Å². The summed E-state index contributed by atoms with van der Waals surface area (Å²) in [6, 6.07) is 3.88. The number of rotatable bonds is 0. The van der Waals surface area contributed by atoms with Crippen LogP contribution in [0.5, 0.6) is 0 Å². The van der Waals surface area contributed by atoms with Gasteiger partial charge in [0.15, 0.2) is 0 Å². The third kappa shape index (κ3) is 1.05. The van der Waals surface area contributed by atoms with E-state index >= 15 is 0 Å². The van der Waals surface area contributed by atoms with Gasteiger partial charge in [0.25, 0.3) is 0 Å². The highest BCUT2D eigenvalue weighted by atomic mass is 32.2. The molecule has 0 bridgehead atoms. The Labute approximate surface area is 80.4 Å². The van der Waals surface area contributed by atoms with Crippen molar-refractivity contribution >= 4 is 11.0 Å². The van der Waals surface area contributed by atoms with E-state index in [1.54, 1.807) is 6.20 Å². The zero-order valence-electron chi connectivity index (χ0n) is 7.94. The van der Waals surface area contributed by atoms with E-state index in [0.717, 1.165) is 5.56 Å². The summed E-state index contributed by atoms with van der Waals surface area (Å²) in [5, 5.41) is 0.704. The minimum Gasteiger partial charge on any atom is -0.246 e. The van der Waals surface area contributed by atoms with Gasteiger partial charge < -0.3 is 0 Å². The topological polar surface area (TPSA) is 33.2 Å². The summed E-state index contributed by atoms with van der Waals surface area (Å²) in [6.45, 7) is 4.11. The first kappa shape index (κ1) is 8.84. The van der Waals surface area contributed by atoms with Crippen molar-refractivity contribution < 1.29 is 4.21 Å². The fraction of sp³-hybridized carbons (Fsp3) is 0.444. The Morgan fingerprint density at radius 2 is 2.23 bits per heavy atom. The molecular formula is C9H12N2OS. The minimum atomic E-state index is -1.09. The van der Waals surface area contributed by atoms with Gasteiger partial charge in [-0.05, 0) is 19.9 Å². The fourth-order valence-electron chi connectivity index (χ4n) is 1.50. The molecule has 70 valence electrons. The van der Waals surface area contributed by atoms with Crippen LogP contribution in [-0.2, 0) is 16.5 Å². The second-order valence-corrected chi connectivity index (χ2v) is 5.09. The summed E-state index contributed by atoms with van der Waals surface area (Å²) < 4.78 is 13.6. The molecule has 1 aliphatic rings. The lowest BCUT2D eigenvalue weighted by atomic mass is 9.97. The molecule has 0 fully saturated rings. The second-order valence-electron chi connectivity index (χ2n) is 3.66. The van der Waals surface area contributed by atoms with E-state index in [1.807, 2.05) is 23.5 Å². The van der Waals surface area contributed by atoms with E-state index in [4.69, 9.17) is 0 Å². The van der Waals surface area contributed by atoms with Crippen LogP contribution in [0.15, 0.2) is 23.4 Å². The molecule has 0 amide bonds. The number of pyridine rings is 1. The van der Waals surface area contributed by atoms with Crippen molar-refractivity contribution in [3.05, 3.63) is 23.9 Å². The Hall–Kier alpha value is -0.740. The maximum Gasteiger partial charge on any atom is 0.147 e. The average molecular weight is 196 g/mol. The number of fused-ring (bicyclic) bond motifs is 1. The van der Waals surface area contributed by atoms with Crippen molar-refractivity contribution in [3.63, 3.8) is 0 Å². The molecule has 0 aliphatic carbocycles. The molecule has 13 heavy (non-hydrogen) atoms. The highest BCUT2D eigenvalue weighted by Crippen LogP contribution is 2.38. The molecule has 2 heterocycles. The molecule has 2 rings (SSSR count). The normalized spacial score (nSPS) is 25.9. The molecular weight excluding hydrogens is 184 g/mol. The Kier molecular flexibility index (Phi) is 1.78. The largest absolute Gasteiger partial charge is 0.246 e. The first-order chi connectivity index (χ1) is 6.05. The minimum absolute atomic E-state index is 0.172. The van der Waals surface area contributed by atoms with E-state index in [1.165, 1.54) is 0 Å². The molecule has 0 saturated carbocycles. The lowest BCUT2D eigenvalue weighted by Gasteiger charge is -2.25. The molecule has 1 unspecified atom stereocenters. The predicted molar refractivity (Wildman–Crippen MR) is 51.4 cm³/mol. The molecule has 0 N–H and O–H groups in total. The van der Waals surface area contributed by atoms with E-state index in [2.05, 4.69) is 18.8 Å². The van der Waals surface area contributed by atoms with E-state index in [9.17, 15) is 4.21 Å². The SMILES string of the molecule is CN1S(=O)c2ncccc2C1(C)C. The molecule has 1 atom stereocenters. The van der Waals surface area contributed by atoms with Crippen LogP contribution in [-0.4, -0.2) is 20.5 Å². The molecule has 1 aromatic heterocycles. The standard InChI is InChI=1S/C9H12N2OS/c1-9(2)7-5-4-6-10-8(7)13(12)11(9)3/h4-6H,1-3H3. The van der Waals surface area contributed by atoms with Gasteiger partial charge in [-0.15, -0.1) is 0 Å². The molecule has 1 aliphatic heterocycles. The smallest absolute Gasteiger partial charge is 0.147 e. The predicted octanol–water partition coefficient (Wildman–Crippen LogP) is 1.28. The van der Waals surface area contributed by atoms with Gasteiger partial charge in [-0.25, -0.2) is 13.5 Å². The van der Waals surface area contributed by atoms with Gasteiger partial charge in [0, 0.05) is 18.8 Å². The molecule has 0 aromatic carbocycles. The molecule has 3 nitrogen and oxygen atoms in total. The van der Waals surface area contributed by atoms with Gasteiger partial charge in [-0.1, -0.05) is 6.07 Å². The first-order valence-electron chi connectivity index (χ1n) is 4.16. The maximum absolute atomic E-state index is 11.8. The Morgan fingerprint density at radius 1 is 1.54 bits per heavy atom. The molecule has 0 saturated heterocycles. The first-order valence-corrected chi connectivity index (χ1v) is 5.27. The third-order valence-electron chi connectivity index (χ3n) is 2.63. The zero-order chi connectivity index (χ0) is 9.64. The van der Waals surface area contributed by atoms with Gasteiger partial charge in [-0.2, -0.15) is 0 Å². The van der Waals surface area contributed by atoms with Gasteiger partial charge in [-0.3, -0.25) is 0 Å². The van der Waals surface area contributed by atoms with E-state index in [-0.39, 0.29) is 5.54 Å². The van der Waals surface area contributed by atoms with Crippen LogP contribution in [0.25, 0.3) is 0 Å². The van der Waals surface area contributed by atoms with Crippen molar-refractivity contribution in [2.45, 2.75) is 24.4 Å². The van der Waals surface area contributed by atoms with Gasteiger partial charge in [0.2, 0.25) is 0 Å². The van der Waals surface area contributed by atoms with Crippen LogP contribution in [0.4, 0.5) is 0 Å². The number of hydrogen-bond donors (Lipinski definition) is 0. The molecule has 0 radical (unpaired) electrons. The van der Waals surface area contributed by atoms with Gasteiger partial charge >= 0.3 is 0 Å². The Balaban J connectivity index is 2.68. The number of nitrogens with zero attached hydrogens (tertiary/aromatic N) is 2.